The zero-order chi connectivity index (χ0) is 11.6. The fourth-order valence-corrected chi connectivity index (χ4v) is 1.14. The van der Waals surface area contributed by atoms with E-state index in [1.165, 1.54) is 6.08 Å². The number of benzene rings is 1. The molecule has 0 saturated heterocycles. The summed E-state index contributed by atoms with van der Waals surface area (Å²) in [5.74, 6) is -0.319. The molecule has 0 aliphatic heterocycles. The van der Waals surface area contributed by atoms with Crippen LogP contribution in [-0.2, 0) is 20.9 Å². The first-order chi connectivity index (χ1) is 7.83. The lowest BCUT2D eigenvalue weighted by Gasteiger charge is -2.01. The first-order valence-electron chi connectivity index (χ1n) is 5.19. The lowest BCUT2D eigenvalue weighted by atomic mass is 10.2. The SMILES string of the molecule is COCC/C=C/C(=O)OCc1ccccc1. The van der Waals surface area contributed by atoms with Crippen LogP contribution in [0.25, 0.3) is 0 Å². The number of hydrogen-bond acceptors (Lipinski definition) is 3. The Bertz CT molecular complexity index is 330. The highest BCUT2D eigenvalue weighted by molar-refractivity contribution is 5.81. The number of rotatable bonds is 6. The molecule has 0 amide bonds. The molecule has 0 aliphatic rings. The van der Waals surface area contributed by atoms with Crippen molar-refractivity contribution < 1.29 is 14.3 Å². The summed E-state index contributed by atoms with van der Waals surface area (Å²) < 4.78 is 9.89. The molecule has 86 valence electrons. The monoisotopic (exact) mass is 220 g/mol. The maximum atomic E-state index is 11.2. The van der Waals surface area contributed by atoms with E-state index in [9.17, 15) is 4.79 Å². The summed E-state index contributed by atoms with van der Waals surface area (Å²) in [5.41, 5.74) is 0.987. The Morgan fingerprint density at radius 1 is 1.31 bits per heavy atom. The van der Waals surface area contributed by atoms with Crippen LogP contribution in [0, 0.1) is 0 Å². The van der Waals surface area contributed by atoms with Crippen LogP contribution >= 0.6 is 0 Å². The van der Waals surface area contributed by atoms with Gasteiger partial charge in [-0.2, -0.15) is 0 Å². The normalized spacial score (nSPS) is 10.6. The summed E-state index contributed by atoms with van der Waals surface area (Å²) in [6, 6.07) is 9.59. The predicted octanol–water partition coefficient (Wildman–Crippen LogP) is 2.32. The van der Waals surface area contributed by atoms with Gasteiger partial charge in [0.25, 0.3) is 0 Å². The number of carbonyl (C=O) groups excluding carboxylic acids is 1. The van der Waals surface area contributed by atoms with E-state index in [1.54, 1.807) is 13.2 Å². The van der Waals surface area contributed by atoms with E-state index in [2.05, 4.69) is 0 Å². The second-order valence-electron chi connectivity index (χ2n) is 3.28. The number of hydrogen-bond donors (Lipinski definition) is 0. The van der Waals surface area contributed by atoms with Crippen LogP contribution in [0.5, 0.6) is 0 Å². The van der Waals surface area contributed by atoms with Crippen LogP contribution in [0.4, 0.5) is 0 Å². The van der Waals surface area contributed by atoms with E-state index in [0.717, 1.165) is 12.0 Å². The minimum atomic E-state index is -0.319. The summed E-state index contributed by atoms with van der Waals surface area (Å²) >= 11 is 0. The number of carbonyl (C=O) groups is 1. The summed E-state index contributed by atoms with van der Waals surface area (Å²) in [7, 11) is 1.63. The summed E-state index contributed by atoms with van der Waals surface area (Å²) in [6.45, 7) is 0.927. The number of esters is 1. The van der Waals surface area contributed by atoms with Gasteiger partial charge in [0, 0.05) is 19.8 Å². The van der Waals surface area contributed by atoms with Crippen LogP contribution in [0.3, 0.4) is 0 Å². The molecule has 1 rings (SSSR count). The average Bonchev–Trinajstić information content (AvgIpc) is 2.33. The standard InChI is InChI=1S/C13H16O3/c1-15-10-6-5-9-13(14)16-11-12-7-3-2-4-8-12/h2-5,7-9H,6,10-11H2,1H3/b9-5+. The van der Waals surface area contributed by atoms with Crippen molar-refractivity contribution in [3.8, 4) is 0 Å². The van der Waals surface area contributed by atoms with Gasteiger partial charge in [-0.05, 0) is 12.0 Å². The first kappa shape index (κ1) is 12.5. The second-order valence-corrected chi connectivity index (χ2v) is 3.28. The minimum absolute atomic E-state index is 0.314. The van der Waals surface area contributed by atoms with E-state index < -0.39 is 0 Å². The van der Waals surface area contributed by atoms with Crippen molar-refractivity contribution in [3.05, 3.63) is 48.0 Å². The van der Waals surface area contributed by atoms with Gasteiger partial charge in [-0.3, -0.25) is 0 Å². The summed E-state index contributed by atoms with van der Waals surface area (Å²) in [5, 5.41) is 0. The van der Waals surface area contributed by atoms with Gasteiger partial charge in [-0.1, -0.05) is 36.4 Å². The van der Waals surface area contributed by atoms with Crippen LogP contribution < -0.4 is 0 Å². The molecule has 0 spiro atoms. The van der Waals surface area contributed by atoms with Crippen molar-refractivity contribution in [2.24, 2.45) is 0 Å². The minimum Gasteiger partial charge on any atom is -0.458 e. The average molecular weight is 220 g/mol. The van der Waals surface area contributed by atoms with Crippen molar-refractivity contribution >= 4 is 5.97 Å². The molecule has 1 aromatic carbocycles. The van der Waals surface area contributed by atoms with Gasteiger partial charge in [0.2, 0.25) is 0 Å². The van der Waals surface area contributed by atoms with Crippen LogP contribution in [0.2, 0.25) is 0 Å². The van der Waals surface area contributed by atoms with Gasteiger partial charge >= 0.3 is 5.97 Å². The summed E-state index contributed by atoms with van der Waals surface area (Å²) in [4.78, 5) is 11.2. The fourth-order valence-electron chi connectivity index (χ4n) is 1.14. The first-order valence-corrected chi connectivity index (χ1v) is 5.19. The third-order valence-corrected chi connectivity index (χ3v) is 1.97. The lowest BCUT2D eigenvalue weighted by molar-refractivity contribution is -0.139. The molecular formula is C13H16O3. The Labute approximate surface area is 95.7 Å². The highest BCUT2D eigenvalue weighted by Gasteiger charge is 1.97. The maximum Gasteiger partial charge on any atom is 0.330 e. The molecule has 0 fully saturated rings. The van der Waals surface area contributed by atoms with Crippen molar-refractivity contribution in [2.75, 3.05) is 13.7 Å². The lowest BCUT2D eigenvalue weighted by Crippen LogP contribution is -2.00. The Morgan fingerprint density at radius 3 is 2.75 bits per heavy atom. The van der Waals surface area contributed by atoms with Crippen LogP contribution in [-0.4, -0.2) is 19.7 Å². The van der Waals surface area contributed by atoms with Gasteiger partial charge in [-0.15, -0.1) is 0 Å². The number of ether oxygens (including phenoxy) is 2. The molecule has 0 saturated carbocycles. The zero-order valence-corrected chi connectivity index (χ0v) is 9.39. The van der Waals surface area contributed by atoms with Gasteiger partial charge in [0.1, 0.15) is 6.61 Å². The molecule has 16 heavy (non-hydrogen) atoms. The number of methoxy groups -OCH3 is 1. The Balaban J connectivity index is 2.23. The molecule has 1 aromatic rings. The van der Waals surface area contributed by atoms with Gasteiger partial charge < -0.3 is 9.47 Å². The van der Waals surface area contributed by atoms with Crippen molar-refractivity contribution in [2.45, 2.75) is 13.0 Å². The van der Waals surface area contributed by atoms with E-state index in [1.807, 2.05) is 30.3 Å². The molecule has 3 nitrogen and oxygen atoms in total. The molecular weight excluding hydrogens is 204 g/mol. The molecule has 0 heterocycles. The van der Waals surface area contributed by atoms with Crippen LogP contribution in [0.15, 0.2) is 42.5 Å². The van der Waals surface area contributed by atoms with Crippen LogP contribution in [0.1, 0.15) is 12.0 Å². The Morgan fingerprint density at radius 2 is 2.06 bits per heavy atom. The largest absolute Gasteiger partial charge is 0.458 e. The quantitative estimate of drug-likeness (QED) is 0.419. The molecule has 0 bridgehead atoms. The highest BCUT2D eigenvalue weighted by Crippen LogP contribution is 2.00. The third-order valence-electron chi connectivity index (χ3n) is 1.97. The van der Waals surface area contributed by atoms with E-state index in [4.69, 9.17) is 9.47 Å². The third kappa shape index (κ3) is 5.32. The highest BCUT2D eigenvalue weighted by atomic mass is 16.5. The second kappa shape index (κ2) is 7.65. The zero-order valence-electron chi connectivity index (χ0n) is 9.39. The van der Waals surface area contributed by atoms with Crippen molar-refractivity contribution in [3.63, 3.8) is 0 Å². The van der Waals surface area contributed by atoms with Gasteiger partial charge in [-0.25, -0.2) is 4.79 Å². The molecule has 0 aromatic heterocycles. The van der Waals surface area contributed by atoms with Gasteiger partial charge in [0.15, 0.2) is 0 Å². The van der Waals surface area contributed by atoms with Crippen molar-refractivity contribution in [1.29, 1.82) is 0 Å². The van der Waals surface area contributed by atoms with E-state index >= 15 is 0 Å². The maximum absolute atomic E-state index is 11.2. The Kier molecular flexibility index (Phi) is 5.96. The fraction of sp³-hybridized carbons (Fsp3) is 0.308. The summed E-state index contributed by atoms with van der Waals surface area (Å²) in [6.07, 6.45) is 3.90. The molecule has 0 radical (unpaired) electrons. The van der Waals surface area contributed by atoms with E-state index in [0.29, 0.717) is 13.2 Å². The molecule has 3 heteroatoms. The van der Waals surface area contributed by atoms with Gasteiger partial charge in [0.05, 0.1) is 0 Å². The Hall–Kier alpha value is -1.61. The predicted molar refractivity (Wildman–Crippen MR) is 61.9 cm³/mol. The van der Waals surface area contributed by atoms with E-state index in [-0.39, 0.29) is 5.97 Å². The molecule has 0 aliphatic carbocycles. The molecule has 0 N–H and O–H groups in total. The molecule has 0 unspecified atom stereocenters. The molecule has 0 atom stereocenters. The smallest absolute Gasteiger partial charge is 0.330 e. The topological polar surface area (TPSA) is 35.5 Å². The van der Waals surface area contributed by atoms with Crippen molar-refractivity contribution in [1.82, 2.24) is 0 Å².